The van der Waals surface area contributed by atoms with Crippen LogP contribution in [0.5, 0.6) is 11.6 Å². The van der Waals surface area contributed by atoms with Crippen LogP contribution in [0.4, 0.5) is 10.1 Å². The molecule has 3 nitrogen and oxygen atoms in total. The molecule has 0 radical (unpaired) electrons. The van der Waals surface area contributed by atoms with E-state index < -0.39 is 5.82 Å². The largest absolute Gasteiger partial charge is 0.434 e. The number of hydrogen-bond acceptors (Lipinski definition) is 3. The van der Waals surface area contributed by atoms with Crippen LogP contribution in [0.2, 0.25) is 10.0 Å². The quantitative estimate of drug-likeness (QED) is 0.800. The fraction of sp³-hybridized carbons (Fsp3) is 0. The highest BCUT2D eigenvalue weighted by Crippen LogP contribution is 2.35. The summed E-state index contributed by atoms with van der Waals surface area (Å²) < 4.78 is 19.3. The van der Waals surface area contributed by atoms with Crippen LogP contribution in [-0.4, -0.2) is 4.98 Å². The monoisotopic (exact) mass is 350 g/mol. The van der Waals surface area contributed by atoms with Crippen molar-refractivity contribution in [1.29, 1.82) is 0 Å². The van der Waals surface area contributed by atoms with Gasteiger partial charge < -0.3 is 10.5 Å². The molecule has 7 heteroatoms. The predicted molar refractivity (Wildman–Crippen MR) is 72.8 cm³/mol. The molecule has 0 amide bonds. The van der Waals surface area contributed by atoms with Crippen molar-refractivity contribution in [1.82, 2.24) is 4.98 Å². The Bertz CT molecular complexity index is 610. The van der Waals surface area contributed by atoms with E-state index in [4.69, 9.17) is 33.7 Å². The summed E-state index contributed by atoms with van der Waals surface area (Å²) in [5.74, 6) is -0.615. The van der Waals surface area contributed by atoms with Crippen molar-refractivity contribution < 1.29 is 9.13 Å². The van der Waals surface area contributed by atoms with Gasteiger partial charge in [0.05, 0.1) is 15.7 Å². The number of hydrogen-bond donors (Lipinski definition) is 1. The molecule has 0 unspecified atom stereocenters. The van der Waals surface area contributed by atoms with Crippen molar-refractivity contribution >= 4 is 44.8 Å². The molecule has 0 spiro atoms. The Morgan fingerprint density at radius 1 is 1.22 bits per heavy atom. The summed E-state index contributed by atoms with van der Waals surface area (Å²) in [7, 11) is 0. The predicted octanol–water partition coefficient (Wildman–Crippen LogP) is 4.66. The number of pyridine rings is 1. The Morgan fingerprint density at radius 3 is 2.56 bits per heavy atom. The van der Waals surface area contributed by atoms with E-state index in [-0.39, 0.29) is 22.3 Å². The minimum absolute atomic E-state index is 0.191. The zero-order valence-corrected chi connectivity index (χ0v) is 11.9. The third-order valence-corrected chi connectivity index (χ3v) is 3.19. The van der Waals surface area contributed by atoms with Crippen LogP contribution in [-0.2, 0) is 0 Å². The summed E-state index contributed by atoms with van der Waals surface area (Å²) in [6, 6.07) is 4.06. The van der Waals surface area contributed by atoms with Crippen LogP contribution < -0.4 is 10.5 Å². The van der Waals surface area contributed by atoms with Crippen molar-refractivity contribution in [2.45, 2.75) is 0 Å². The molecule has 0 bridgehead atoms. The molecule has 2 rings (SSSR count). The maximum Gasteiger partial charge on any atom is 0.256 e. The average molecular weight is 352 g/mol. The molecule has 1 aromatic heterocycles. The molecule has 0 aliphatic carbocycles. The Morgan fingerprint density at radius 2 is 1.89 bits per heavy atom. The highest BCUT2D eigenvalue weighted by molar-refractivity contribution is 9.10. The minimum atomic E-state index is -0.616. The minimum Gasteiger partial charge on any atom is -0.434 e. The number of halogens is 4. The molecule has 0 aliphatic heterocycles. The highest BCUT2D eigenvalue weighted by Gasteiger charge is 2.11. The van der Waals surface area contributed by atoms with Gasteiger partial charge in [-0.1, -0.05) is 23.2 Å². The number of ether oxygens (including phenoxy) is 1. The van der Waals surface area contributed by atoms with Gasteiger partial charge in [-0.25, -0.2) is 9.37 Å². The first-order valence-corrected chi connectivity index (χ1v) is 6.25. The summed E-state index contributed by atoms with van der Waals surface area (Å²) in [6.45, 7) is 0. The van der Waals surface area contributed by atoms with E-state index in [1.54, 1.807) is 0 Å². The second-order valence-electron chi connectivity index (χ2n) is 3.35. The second kappa shape index (κ2) is 5.30. The summed E-state index contributed by atoms with van der Waals surface area (Å²) in [6.07, 6.45) is 1.41. The van der Waals surface area contributed by atoms with Crippen LogP contribution in [0.1, 0.15) is 0 Å². The first-order valence-electron chi connectivity index (χ1n) is 4.71. The van der Waals surface area contributed by atoms with Gasteiger partial charge in [-0.05, 0) is 28.1 Å². The van der Waals surface area contributed by atoms with Crippen LogP contribution in [0.25, 0.3) is 0 Å². The summed E-state index contributed by atoms with van der Waals surface area (Å²) in [5, 5.41) is 0.559. The molecule has 0 atom stereocenters. The van der Waals surface area contributed by atoms with Gasteiger partial charge in [-0.3, -0.25) is 0 Å². The molecule has 18 heavy (non-hydrogen) atoms. The molecule has 2 N–H and O–H groups in total. The SMILES string of the molecule is Nc1cc(Cl)c(Cl)cc1Oc1ncc(Br)cc1F. The van der Waals surface area contributed by atoms with E-state index in [1.165, 1.54) is 24.4 Å². The van der Waals surface area contributed by atoms with Gasteiger partial charge in [-0.15, -0.1) is 0 Å². The van der Waals surface area contributed by atoms with Gasteiger partial charge in [0.15, 0.2) is 11.6 Å². The summed E-state index contributed by atoms with van der Waals surface area (Å²) in [4.78, 5) is 3.79. The fourth-order valence-electron chi connectivity index (χ4n) is 1.21. The van der Waals surface area contributed by atoms with Gasteiger partial charge in [-0.2, -0.15) is 0 Å². The van der Waals surface area contributed by atoms with E-state index in [0.29, 0.717) is 9.50 Å². The average Bonchev–Trinajstić information content (AvgIpc) is 2.29. The molecule has 0 saturated carbocycles. The third-order valence-electron chi connectivity index (χ3n) is 2.03. The van der Waals surface area contributed by atoms with Crippen LogP contribution in [0.15, 0.2) is 28.9 Å². The maximum atomic E-state index is 13.5. The number of nitrogen functional groups attached to an aromatic ring is 1. The Balaban J connectivity index is 2.37. The first-order chi connectivity index (χ1) is 8.47. The molecule has 94 valence electrons. The molecule has 0 aliphatic rings. The number of aromatic nitrogens is 1. The zero-order valence-electron chi connectivity index (χ0n) is 8.75. The lowest BCUT2D eigenvalue weighted by molar-refractivity contribution is 0.424. The first kappa shape index (κ1) is 13.4. The number of rotatable bonds is 2. The Labute approximate surface area is 121 Å². The van der Waals surface area contributed by atoms with Crippen molar-refractivity contribution in [3.8, 4) is 11.6 Å². The van der Waals surface area contributed by atoms with E-state index in [2.05, 4.69) is 20.9 Å². The lowest BCUT2D eigenvalue weighted by Gasteiger charge is -2.09. The van der Waals surface area contributed by atoms with Gasteiger partial charge >= 0.3 is 0 Å². The van der Waals surface area contributed by atoms with Gasteiger partial charge in [0, 0.05) is 16.7 Å². The van der Waals surface area contributed by atoms with Gasteiger partial charge in [0.1, 0.15) is 0 Å². The van der Waals surface area contributed by atoms with Gasteiger partial charge in [0.2, 0.25) is 0 Å². The Hall–Kier alpha value is -1.04. The molecular weight excluding hydrogens is 346 g/mol. The molecule has 0 saturated heterocycles. The number of benzene rings is 1. The van der Waals surface area contributed by atoms with E-state index in [0.717, 1.165) is 0 Å². The van der Waals surface area contributed by atoms with E-state index in [9.17, 15) is 4.39 Å². The smallest absolute Gasteiger partial charge is 0.256 e. The van der Waals surface area contributed by atoms with Crippen molar-refractivity contribution in [3.05, 3.63) is 44.7 Å². The topological polar surface area (TPSA) is 48.1 Å². The van der Waals surface area contributed by atoms with E-state index in [1.807, 2.05) is 0 Å². The second-order valence-corrected chi connectivity index (χ2v) is 5.08. The lowest BCUT2D eigenvalue weighted by Crippen LogP contribution is -1.96. The zero-order chi connectivity index (χ0) is 13.3. The Kier molecular flexibility index (Phi) is 3.94. The van der Waals surface area contributed by atoms with Crippen molar-refractivity contribution in [2.24, 2.45) is 0 Å². The number of nitrogens with two attached hydrogens (primary N) is 1. The lowest BCUT2D eigenvalue weighted by atomic mass is 10.3. The normalized spacial score (nSPS) is 10.4. The highest BCUT2D eigenvalue weighted by atomic mass is 79.9. The number of nitrogens with zero attached hydrogens (tertiary/aromatic N) is 1. The van der Waals surface area contributed by atoms with Crippen molar-refractivity contribution in [2.75, 3.05) is 5.73 Å². The fourth-order valence-corrected chi connectivity index (χ4v) is 1.84. The van der Waals surface area contributed by atoms with Crippen LogP contribution in [0, 0.1) is 5.82 Å². The van der Waals surface area contributed by atoms with Gasteiger partial charge in [0.25, 0.3) is 5.88 Å². The molecule has 0 fully saturated rings. The number of anilines is 1. The molecular formula is C11H6BrCl2FN2O. The molecule has 2 aromatic rings. The molecule has 1 aromatic carbocycles. The maximum absolute atomic E-state index is 13.5. The third kappa shape index (κ3) is 2.85. The van der Waals surface area contributed by atoms with Crippen LogP contribution >= 0.6 is 39.1 Å². The van der Waals surface area contributed by atoms with Crippen molar-refractivity contribution in [3.63, 3.8) is 0 Å². The van der Waals surface area contributed by atoms with Crippen LogP contribution in [0.3, 0.4) is 0 Å². The van der Waals surface area contributed by atoms with E-state index >= 15 is 0 Å². The summed E-state index contributed by atoms with van der Waals surface area (Å²) in [5.41, 5.74) is 5.93. The summed E-state index contributed by atoms with van der Waals surface area (Å²) >= 11 is 14.7. The molecule has 1 heterocycles. The standard InChI is InChI=1S/C11H6BrCl2FN2O/c12-5-1-8(15)11(17-4-5)18-10-3-7(14)6(13)2-9(10)16/h1-4H,16H2.